The van der Waals surface area contributed by atoms with Gasteiger partial charge in [0.25, 0.3) is 0 Å². The van der Waals surface area contributed by atoms with E-state index in [0.717, 1.165) is 5.84 Å². The van der Waals surface area contributed by atoms with E-state index in [9.17, 15) is 0 Å². The van der Waals surface area contributed by atoms with Gasteiger partial charge in [-0.2, -0.15) is 0 Å². The van der Waals surface area contributed by atoms with E-state index in [1.807, 2.05) is 25.8 Å². The molecule has 3 nitrogen and oxygen atoms in total. The fraction of sp³-hybridized carbons (Fsp3) is 0.833. The van der Waals surface area contributed by atoms with E-state index in [1.165, 1.54) is 0 Å². The number of hydrogen-bond acceptors (Lipinski definition) is 3. The van der Waals surface area contributed by atoms with Gasteiger partial charge < -0.3 is 4.90 Å². The smallest absolute Gasteiger partial charge is 0.139 e. The third-order valence-electron chi connectivity index (χ3n) is 1.61. The lowest BCUT2D eigenvalue weighted by atomic mass is 10.4. The van der Waals surface area contributed by atoms with Crippen LogP contribution in [-0.2, 0) is 0 Å². The normalized spacial score (nSPS) is 34.0. The largest absolute Gasteiger partial charge is 0.339 e. The number of rotatable bonds is 0. The summed E-state index contributed by atoms with van der Waals surface area (Å²) in [5.74, 6) is 1.06. The minimum absolute atomic E-state index is 0.222. The maximum absolute atomic E-state index is 4.32. The minimum atomic E-state index is 0.222. The molecule has 0 aliphatic carbocycles. The van der Waals surface area contributed by atoms with Crippen molar-refractivity contribution in [1.29, 1.82) is 0 Å². The van der Waals surface area contributed by atoms with Crippen LogP contribution in [0.25, 0.3) is 0 Å². The maximum atomic E-state index is 4.32. The van der Waals surface area contributed by atoms with Crippen molar-refractivity contribution in [1.82, 2.24) is 10.2 Å². The Balaban J connectivity index is 2.71. The molecule has 0 saturated heterocycles. The molecule has 0 aromatic heterocycles. The monoisotopic (exact) mass is 205 g/mol. The molecule has 0 amide bonds. The van der Waals surface area contributed by atoms with Gasteiger partial charge in [-0.25, -0.2) is 0 Å². The highest BCUT2D eigenvalue weighted by Crippen LogP contribution is 2.09. The molecule has 10 heavy (non-hydrogen) atoms. The zero-order chi connectivity index (χ0) is 7.72. The van der Waals surface area contributed by atoms with Gasteiger partial charge in [0.15, 0.2) is 0 Å². The summed E-state index contributed by atoms with van der Waals surface area (Å²) in [6, 6.07) is 0. The lowest BCUT2D eigenvalue weighted by Crippen LogP contribution is -2.49. The summed E-state index contributed by atoms with van der Waals surface area (Å²) in [6.07, 6.45) is 0.223. The maximum Gasteiger partial charge on any atom is 0.139 e. The van der Waals surface area contributed by atoms with E-state index in [1.54, 1.807) is 0 Å². The van der Waals surface area contributed by atoms with Crippen LogP contribution in [0, 0.1) is 0 Å². The van der Waals surface area contributed by atoms with Crippen molar-refractivity contribution in [3.05, 3.63) is 0 Å². The topological polar surface area (TPSA) is 27.6 Å². The average Bonchev–Trinajstić information content (AvgIpc) is 1.82. The molecular formula is C6H12BrN3. The van der Waals surface area contributed by atoms with E-state index in [0.29, 0.717) is 0 Å². The predicted octanol–water partition coefficient (Wildman–Crippen LogP) is 0.964. The van der Waals surface area contributed by atoms with Gasteiger partial charge in [0.05, 0.1) is 5.84 Å². The summed E-state index contributed by atoms with van der Waals surface area (Å²) in [6.45, 7) is 4.04. The first-order valence-corrected chi connectivity index (χ1v) is 4.20. The first kappa shape index (κ1) is 8.01. The fourth-order valence-corrected chi connectivity index (χ4v) is 1.56. The minimum Gasteiger partial charge on any atom is -0.339 e. The molecule has 0 bridgehead atoms. The van der Waals surface area contributed by atoms with Crippen LogP contribution in [0.15, 0.2) is 4.99 Å². The van der Waals surface area contributed by atoms with Crippen LogP contribution in [0.5, 0.6) is 0 Å². The zero-order valence-corrected chi connectivity index (χ0v) is 8.01. The van der Waals surface area contributed by atoms with E-state index in [4.69, 9.17) is 0 Å². The first-order valence-electron chi connectivity index (χ1n) is 3.28. The third-order valence-corrected chi connectivity index (χ3v) is 2.49. The third kappa shape index (κ3) is 1.49. The number of amidine groups is 1. The van der Waals surface area contributed by atoms with Crippen molar-refractivity contribution in [3.63, 3.8) is 0 Å². The SMILES string of the molecule is CC1=NC(C)NC(Br)N1C. The fourth-order valence-electron chi connectivity index (χ4n) is 0.883. The number of aliphatic imine (C=N–C) groups is 1. The lowest BCUT2D eigenvalue weighted by molar-refractivity contribution is 0.350. The molecule has 0 fully saturated rings. The van der Waals surface area contributed by atoms with Crippen LogP contribution >= 0.6 is 15.9 Å². The second-order valence-electron chi connectivity index (χ2n) is 2.47. The van der Waals surface area contributed by atoms with Gasteiger partial charge in [-0.05, 0) is 29.8 Å². The highest BCUT2D eigenvalue weighted by Gasteiger charge is 2.18. The van der Waals surface area contributed by atoms with Crippen LogP contribution in [0.4, 0.5) is 0 Å². The molecule has 0 radical (unpaired) electrons. The van der Waals surface area contributed by atoms with E-state index < -0.39 is 0 Å². The molecular weight excluding hydrogens is 194 g/mol. The van der Waals surface area contributed by atoms with Crippen molar-refractivity contribution < 1.29 is 0 Å². The predicted molar refractivity (Wildman–Crippen MR) is 46.2 cm³/mol. The van der Waals surface area contributed by atoms with Gasteiger partial charge >= 0.3 is 0 Å². The lowest BCUT2D eigenvalue weighted by Gasteiger charge is -2.32. The quantitative estimate of drug-likeness (QED) is 0.472. The molecule has 4 heteroatoms. The summed E-state index contributed by atoms with van der Waals surface area (Å²) in [5.41, 5.74) is 0. The van der Waals surface area contributed by atoms with Crippen molar-refractivity contribution in [2.24, 2.45) is 4.99 Å². The van der Waals surface area contributed by atoms with Gasteiger partial charge in [-0.15, -0.1) is 0 Å². The summed E-state index contributed by atoms with van der Waals surface area (Å²) in [7, 11) is 2.00. The van der Waals surface area contributed by atoms with Crippen molar-refractivity contribution in [2.75, 3.05) is 7.05 Å². The van der Waals surface area contributed by atoms with Gasteiger partial charge in [0, 0.05) is 7.05 Å². The Morgan fingerprint density at radius 2 is 2.30 bits per heavy atom. The summed E-state index contributed by atoms with van der Waals surface area (Å²) in [4.78, 5) is 6.36. The number of nitrogens with zero attached hydrogens (tertiary/aromatic N) is 2. The van der Waals surface area contributed by atoms with Crippen LogP contribution in [0.2, 0.25) is 0 Å². The second kappa shape index (κ2) is 2.88. The van der Waals surface area contributed by atoms with Crippen LogP contribution < -0.4 is 5.32 Å². The van der Waals surface area contributed by atoms with E-state index in [-0.39, 0.29) is 11.2 Å². The molecule has 1 rings (SSSR count). The van der Waals surface area contributed by atoms with Gasteiger partial charge in [-0.1, -0.05) is 0 Å². The number of nitrogens with one attached hydrogen (secondary N) is 1. The second-order valence-corrected chi connectivity index (χ2v) is 3.33. The number of halogens is 1. The Labute approximate surface area is 69.6 Å². The number of alkyl halides is 1. The van der Waals surface area contributed by atoms with Crippen LogP contribution in [0.3, 0.4) is 0 Å². The van der Waals surface area contributed by atoms with E-state index in [2.05, 4.69) is 26.2 Å². The standard InChI is InChI=1S/C6H12BrN3/c1-4-8-5(2)10(3)6(7)9-4/h4,6,9H,1-3H3. The Bertz CT molecular complexity index is 157. The zero-order valence-electron chi connectivity index (χ0n) is 6.43. The highest BCUT2D eigenvalue weighted by atomic mass is 79.9. The molecule has 0 saturated carbocycles. The number of hydrogen-bond donors (Lipinski definition) is 1. The van der Waals surface area contributed by atoms with Crippen molar-refractivity contribution in [3.8, 4) is 0 Å². The van der Waals surface area contributed by atoms with Crippen molar-refractivity contribution >= 4 is 21.8 Å². The first-order chi connectivity index (χ1) is 4.61. The highest BCUT2D eigenvalue weighted by molar-refractivity contribution is 9.09. The molecule has 0 spiro atoms. The summed E-state index contributed by atoms with van der Waals surface area (Å²) in [5, 5.41) is 3.44. The molecule has 2 atom stereocenters. The average molecular weight is 206 g/mol. The van der Waals surface area contributed by atoms with Crippen molar-refractivity contribution in [2.45, 2.75) is 25.1 Å². The molecule has 1 heterocycles. The summed E-state index contributed by atoms with van der Waals surface area (Å²) >= 11 is 3.47. The molecule has 0 aromatic carbocycles. The molecule has 1 aliphatic heterocycles. The summed E-state index contributed by atoms with van der Waals surface area (Å²) < 4.78 is 0. The van der Waals surface area contributed by atoms with Crippen LogP contribution in [-0.4, -0.2) is 29.0 Å². The van der Waals surface area contributed by atoms with Gasteiger partial charge in [-0.3, -0.25) is 10.3 Å². The van der Waals surface area contributed by atoms with Crippen LogP contribution in [0.1, 0.15) is 13.8 Å². The van der Waals surface area contributed by atoms with Gasteiger partial charge in [0.1, 0.15) is 11.2 Å². The molecule has 2 unspecified atom stereocenters. The van der Waals surface area contributed by atoms with Gasteiger partial charge in [0.2, 0.25) is 0 Å². The van der Waals surface area contributed by atoms with E-state index >= 15 is 0 Å². The molecule has 1 aliphatic rings. The molecule has 0 aromatic rings. The Kier molecular flexibility index (Phi) is 2.31. The Morgan fingerprint density at radius 3 is 2.80 bits per heavy atom. The Morgan fingerprint density at radius 1 is 1.70 bits per heavy atom. The molecule has 58 valence electrons. The Hall–Kier alpha value is -0.0900. The molecule has 1 N–H and O–H groups in total.